The lowest BCUT2D eigenvalue weighted by molar-refractivity contribution is 0.330. The standard InChI is InChI=1S/C14H25NS/c1-4-6-7-13(5-2)14(15-3)10-12-8-9-16-11-12/h8-9,11,13-15H,4-7,10H2,1-3H3. The van der Waals surface area contributed by atoms with Gasteiger partial charge in [-0.1, -0.05) is 33.1 Å². The van der Waals surface area contributed by atoms with Crippen molar-refractivity contribution in [3.63, 3.8) is 0 Å². The molecule has 0 aromatic carbocycles. The largest absolute Gasteiger partial charge is 0.316 e. The Balaban J connectivity index is 2.49. The average Bonchev–Trinajstić information content (AvgIpc) is 2.81. The lowest BCUT2D eigenvalue weighted by Gasteiger charge is -2.25. The molecule has 0 fully saturated rings. The van der Waals surface area contributed by atoms with Gasteiger partial charge in [0.25, 0.3) is 0 Å². The molecule has 0 saturated heterocycles. The van der Waals surface area contributed by atoms with Crippen LogP contribution in [0.3, 0.4) is 0 Å². The van der Waals surface area contributed by atoms with E-state index >= 15 is 0 Å². The summed E-state index contributed by atoms with van der Waals surface area (Å²) in [5.41, 5.74) is 1.49. The average molecular weight is 239 g/mol. The lowest BCUT2D eigenvalue weighted by atomic mass is 9.88. The highest BCUT2D eigenvalue weighted by Gasteiger charge is 2.18. The number of nitrogens with one attached hydrogen (secondary N) is 1. The van der Waals surface area contributed by atoms with Crippen molar-refractivity contribution >= 4 is 11.3 Å². The summed E-state index contributed by atoms with van der Waals surface area (Å²) in [4.78, 5) is 0. The minimum Gasteiger partial charge on any atom is -0.316 e. The van der Waals surface area contributed by atoms with Crippen LogP contribution < -0.4 is 5.32 Å². The van der Waals surface area contributed by atoms with E-state index in [9.17, 15) is 0 Å². The van der Waals surface area contributed by atoms with E-state index in [4.69, 9.17) is 0 Å². The molecule has 1 N–H and O–H groups in total. The van der Waals surface area contributed by atoms with Gasteiger partial charge in [0.1, 0.15) is 0 Å². The van der Waals surface area contributed by atoms with Crippen molar-refractivity contribution in [2.75, 3.05) is 7.05 Å². The Kier molecular flexibility index (Phi) is 6.74. The van der Waals surface area contributed by atoms with Crippen molar-refractivity contribution in [3.8, 4) is 0 Å². The molecule has 0 radical (unpaired) electrons. The van der Waals surface area contributed by atoms with E-state index in [2.05, 4.69) is 43.0 Å². The molecule has 2 unspecified atom stereocenters. The van der Waals surface area contributed by atoms with Gasteiger partial charge < -0.3 is 5.32 Å². The highest BCUT2D eigenvalue weighted by atomic mass is 32.1. The Morgan fingerprint density at radius 1 is 1.38 bits per heavy atom. The third-order valence-electron chi connectivity index (χ3n) is 3.43. The first-order valence-corrected chi connectivity index (χ1v) is 7.44. The first-order valence-electron chi connectivity index (χ1n) is 6.50. The van der Waals surface area contributed by atoms with Crippen LogP contribution in [0.1, 0.15) is 45.1 Å². The number of hydrogen-bond acceptors (Lipinski definition) is 2. The maximum absolute atomic E-state index is 3.50. The van der Waals surface area contributed by atoms with E-state index in [1.165, 1.54) is 37.7 Å². The van der Waals surface area contributed by atoms with Gasteiger partial charge in [0, 0.05) is 6.04 Å². The van der Waals surface area contributed by atoms with Crippen LogP contribution in [0, 0.1) is 5.92 Å². The van der Waals surface area contributed by atoms with Crippen LogP contribution in [0.15, 0.2) is 16.8 Å². The summed E-state index contributed by atoms with van der Waals surface area (Å²) in [6.07, 6.45) is 6.51. The molecule has 1 heterocycles. The van der Waals surface area contributed by atoms with Gasteiger partial charge in [-0.25, -0.2) is 0 Å². The van der Waals surface area contributed by atoms with Crippen molar-refractivity contribution < 1.29 is 0 Å². The second kappa shape index (κ2) is 7.86. The third-order valence-corrected chi connectivity index (χ3v) is 4.16. The monoisotopic (exact) mass is 239 g/mol. The number of rotatable bonds is 8. The number of hydrogen-bond donors (Lipinski definition) is 1. The predicted octanol–water partition coefficient (Wildman–Crippen LogP) is 4.10. The molecule has 0 aliphatic rings. The van der Waals surface area contributed by atoms with Crippen molar-refractivity contribution in [3.05, 3.63) is 22.4 Å². The van der Waals surface area contributed by atoms with Gasteiger partial charge in [-0.05, 0) is 48.2 Å². The van der Waals surface area contributed by atoms with E-state index in [-0.39, 0.29) is 0 Å². The Morgan fingerprint density at radius 3 is 2.69 bits per heavy atom. The predicted molar refractivity (Wildman–Crippen MR) is 74.2 cm³/mol. The zero-order chi connectivity index (χ0) is 11.8. The molecule has 2 atom stereocenters. The normalized spacial score (nSPS) is 14.9. The fourth-order valence-electron chi connectivity index (χ4n) is 2.32. The molecular weight excluding hydrogens is 214 g/mol. The van der Waals surface area contributed by atoms with Crippen molar-refractivity contribution in [2.45, 2.75) is 52.0 Å². The number of unbranched alkanes of at least 4 members (excludes halogenated alkanes) is 1. The molecule has 1 rings (SSSR count). The summed E-state index contributed by atoms with van der Waals surface area (Å²) in [6.45, 7) is 4.60. The maximum Gasteiger partial charge on any atom is 0.0133 e. The van der Waals surface area contributed by atoms with Crippen LogP contribution in [-0.2, 0) is 6.42 Å². The molecule has 92 valence electrons. The fourth-order valence-corrected chi connectivity index (χ4v) is 3.00. The summed E-state index contributed by atoms with van der Waals surface area (Å²) in [7, 11) is 2.10. The fraction of sp³-hybridized carbons (Fsp3) is 0.714. The van der Waals surface area contributed by atoms with Crippen LogP contribution in [0.4, 0.5) is 0 Å². The van der Waals surface area contributed by atoms with E-state index in [1.54, 1.807) is 11.3 Å². The van der Waals surface area contributed by atoms with E-state index in [0.717, 1.165) is 5.92 Å². The summed E-state index contributed by atoms with van der Waals surface area (Å²) in [6, 6.07) is 2.90. The topological polar surface area (TPSA) is 12.0 Å². The molecule has 1 aromatic rings. The van der Waals surface area contributed by atoms with Crippen molar-refractivity contribution in [2.24, 2.45) is 5.92 Å². The van der Waals surface area contributed by atoms with Gasteiger partial charge in [-0.2, -0.15) is 11.3 Å². The summed E-state index contributed by atoms with van der Waals surface area (Å²) >= 11 is 1.80. The van der Waals surface area contributed by atoms with Crippen LogP contribution in [-0.4, -0.2) is 13.1 Å². The summed E-state index contributed by atoms with van der Waals surface area (Å²) in [5, 5.41) is 7.96. The van der Waals surface area contributed by atoms with Gasteiger partial charge in [0.05, 0.1) is 0 Å². The molecule has 0 saturated carbocycles. The van der Waals surface area contributed by atoms with Crippen molar-refractivity contribution in [1.29, 1.82) is 0 Å². The first kappa shape index (κ1) is 13.7. The highest BCUT2D eigenvalue weighted by molar-refractivity contribution is 7.07. The number of likely N-dealkylation sites (N-methyl/N-ethyl adjacent to an activating group) is 1. The second-order valence-corrected chi connectivity index (χ2v) is 5.32. The Morgan fingerprint density at radius 2 is 2.19 bits per heavy atom. The maximum atomic E-state index is 3.50. The Bertz CT molecular complexity index is 256. The molecular formula is C14H25NS. The van der Waals surface area contributed by atoms with Crippen molar-refractivity contribution in [1.82, 2.24) is 5.32 Å². The molecule has 0 spiro atoms. The van der Waals surface area contributed by atoms with Crippen LogP contribution in [0.25, 0.3) is 0 Å². The van der Waals surface area contributed by atoms with Crippen LogP contribution in [0.2, 0.25) is 0 Å². The SMILES string of the molecule is CCCCC(CC)C(Cc1ccsc1)NC. The van der Waals surface area contributed by atoms with E-state index in [1.807, 2.05) is 0 Å². The molecule has 1 aromatic heterocycles. The molecule has 0 bridgehead atoms. The quantitative estimate of drug-likeness (QED) is 0.720. The first-order chi connectivity index (χ1) is 7.81. The van der Waals surface area contributed by atoms with Gasteiger partial charge in [-0.3, -0.25) is 0 Å². The zero-order valence-electron chi connectivity index (χ0n) is 10.8. The molecule has 16 heavy (non-hydrogen) atoms. The molecule has 1 nitrogen and oxygen atoms in total. The molecule has 2 heteroatoms. The summed E-state index contributed by atoms with van der Waals surface area (Å²) < 4.78 is 0. The van der Waals surface area contributed by atoms with Gasteiger partial charge in [0.15, 0.2) is 0 Å². The minimum absolute atomic E-state index is 0.645. The highest BCUT2D eigenvalue weighted by Crippen LogP contribution is 2.20. The Hall–Kier alpha value is -0.340. The third kappa shape index (κ3) is 4.26. The smallest absolute Gasteiger partial charge is 0.0133 e. The Labute approximate surface area is 104 Å². The molecule has 0 aliphatic heterocycles. The molecule has 0 aliphatic carbocycles. The van der Waals surface area contributed by atoms with Crippen LogP contribution >= 0.6 is 11.3 Å². The summed E-state index contributed by atoms with van der Waals surface area (Å²) in [5.74, 6) is 0.824. The minimum atomic E-state index is 0.645. The van der Waals surface area contributed by atoms with Gasteiger partial charge in [-0.15, -0.1) is 0 Å². The van der Waals surface area contributed by atoms with E-state index in [0.29, 0.717) is 6.04 Å². The van der Waals surface area contributed by atoms with Gasteiger partial charge >= 0.3 is 0 Å². The van der Waals surface area contributed by atoms with Crippen LogP contribution in [0.5, 0.6) is 0 Å². The van der Waals surface area contributed by atoms with Gasteiger partial charge in [0.2, 0.25) is 0 Å². The zero-order valence-corrected chi connectivity index (χ0v) is 11.6. The second-order valence-electron chi connectivity index (χ2n) is 4.54. The molecule has 0 amide bonds. The number of thiophene rings is 1. The lowest BCUT2D eigenvalue weighted by Crippen LogP contribution is -2.35. The van der Waals surface area contributed by atoms with E-state index < -0.39 is 0 Å².